The molecule has 0 unspecified atom stereocenters. The Hall–Kier alpha value is -6.18. The molecule has 4 rings (SSSR count). The van der Waals surface area contributed by atoms with Crippen LogP contribution in [-0.2, 0) is 0 Å². The topological polar surface area (TPSA) is 143 Å². The highest BCUT2D eigenvalue weighted by atomic mass is 14.4. The normalized spacial score (nSPS) is 9.50. The van der Waals surface area contributed by atoms with Crippen molar-refractivity contribution in [1.29, 1.82) is 31.6 Å². The molecule has 0 aliphatic heterocycles. The lowest BCUT2D eigenvalue weighted by Crippen LogP contribution is -2.03. The first-order valence-corrected chi connectivity index (χ1v) is 10.6. The second-order valence-electron chi connectivity index (χ2n) is 7.66. The van der Waals surface area contributed by atoms with Crippen LogP contribution in [0.4, 0.5) is 0 Å². The van der Waals surface area contributed by atoms with E-state index in [1.54, 1.807) is 72.8 Å². The fourth-order valence-electron chi connectivity index (χ4n) is 4.18. The van der Waals surface area contributed by atoms with Crippen molar-refractivity contribution in [2.75, 3.05) is 0 Å². The number of benzene rings is 4. The number of hydrogen-bond donors (Lipinski definition) is 0. The molecule has 0 spiro atoms. The Morgan fingerprint density at radius 1 is 0.361 bits per heavy atom. The first-order chi connectivity index (χ1) is 17.6. The van der Waals surface area contributed by atoms with E-state index in [9.17, 15) is 31.6 Å². The molecule has 4 aromatic carbocycles. The van der Waals surface area contributed by atoms with Crippen molar-refractivity contribution in [3.8, 4) is 69.8 Å². The molecule has 0 N–H and O–H groups in total. The molecule has 0 saturated carbocycles. The van der Waals surface area contributed by atoms with Gasteiger partial charge in [-0.3, -0.25) is 0 Å². The van der Waals surface area contributed by atoms with Gasteiger partial charge >= 0.3 is 0 Å². The van der Waals surface area contributed by atoms with Crippen molar-refractivity contribution in [3.63, 3.8) is 0 Å². The predicted octanol–water partition coefficient (Wildman–Crippen LogP) is 5.92. The first kappa shape index (κ1) is 23.0. The Morgan fingerprint density at radius 3 is 0.861 bits per heavy atom. The Morgan fingerprint density at radius 2 is 0.639 bits per heavy atom. The van der Waals surface area contributed by atoms with Crippen LogP contribution in [-0.4, -0.2) is 0 Å². The fourth-order valence-corrected chi connectivity index (χ4v) is 4.18. The molecule has 6 heteroatoms. The van der Waals surface area contributed by atoms with Crippen LogP contribution < -0.4 is 0 Å². The Kier molecular flexibility index (Phi) is 6.23. The van der Waals surface area contributed by atoms with E-state index in [1.165, 1.54) is 0 Å². The van der Waals surface area contributed by atoms with Crippen molar-refractivity contribution < 1.29 is 0 Å². The van der Waals surface area contributed by atoms with E-state index in [2.05, 4.69) is 36.4 Å². The monoisotopic (exact) mass is 456 g/mol. The molecular formula is C30H12N6. The first-order valence-electron chi connectivity index (χ1n) is 10.6. The van der Waals surface area contributed by atoms with Crippen molar-refractivity contribution in [2.24, 2.45) is 0 Å². The van der Waals surface area contributed by atoms with Crippen LogP contribution in [0.3, 0.4) is 0 Å². The molecule has 0 amide bonds. The molecule has 0 heterocycles. The van der Waals surface area contributed by atoms with E-state index < -0.39 is 0 Å². The summed E-state index contributed by atoms with van der Waals surface area (Å²) >= 11 is 0. The third-order valence-electron chi connectivity index (χ3n) is 5.68. The van der Waals surface area contributed by atoms with Gasteiger partial charge in [0.05, 0.1) is 51.6 Å². The van der Waals surface area contributed by atoms with Gasteiger partial charge in [0.1, 0.15) is 18.2 Å². The summed E-state index contributed by atoms with van der Waals surface area (Å²) in [6, 6.07) is 32.3. The second kappa shape index (κ2) is 9.75. The lowest BCUT2D eigenvalue weighted by molar-refractivity contribution is 1.39. The van der Waals surface area contributed by atoms with Crippen molar-refractivity contribution in [1.82, 2.24) is 0 Å². The highest BCUT2D eigenvalue weighted by molar-refractivity contribution is 5.97. The molecule has 0 atom stereocenters. The van der Waals surface area contributed by atoms with Gasteiger partial charge in [-0.05, 0) is 53.1 Å². The molecule has 0 bridgehead atoms. The molecule has 4 aromatic rings. The summed E-state index contributed by atoms with van der Waals surface area (Å²) in [4.78, 5) is 0. The zero-order chi connectivity index (χ0) is 25.7. The summed E-state index contributed by atoms with van der Waals surface area (Å²) in [6.07, 6.45) is 0. The third kappa shape index (κ3) is 3.88. The minimum absolute atomic E-state index is 0.0773. The van der Waals surface area contributed by atoms with Crippen molar-refractivity contribution in [2.45, 2.75) is 0 Å². The molecule has 6 nitrogen and oxygen atoms in total. The van der Waals surface area contributed by atoms with Gasteiger partial charge in [0.15, 0.2) is 0 Å². The van der Waals surface area contributed by atoms with Gasteiger partial charge in [-0.15, -0.1) is 0 Å². The fraction of sp³-hybridized carbons (Fsp3) is 0. The molecule has 162 valence electrons. The molecule has 0 aliphatic rings. The van der Waals surface area contributed by atoms with Gasteiger partial charge in [0, 0.05) is 16.7 Å². The van der Waals surface area contributed by atoms with Crippen LogP contribution in [0.15, 0.2) is 72.8 Å². The third-order valence-corrected chi connectivity index (χ3v) is 5.68. The number of rotatable bonds is 3. The molecule has 0 saturated heterocycles. The standard InChI is InChI=1S/C30H12N6/c31-13-19-4-1-7-22(10-19)28-25(16-34)29(23-8-2-5-20(11-23)14-32)27(18-36)30(26(28)17-35)24-9-3-6-21(12-24)15-33/h1-12H. The summed E-state index contributed by atoms with van der Waals surface area (Å²) in [5, 5.41) is 59.3. The summed E-state index contributed by atoms with van der Waals surface area (Å²) in [7, 11) is 0. The Labute approximate surface area is 207 Å². The molecule has 36 heavy (non-hydrogen) atoms. The van der Waals surface area contributed by atoms with E-state index in [4.69, 9.17) is 0 Å². The lowest BCUT2D eigenvalue weighted by Gasteiger charge is -2.19. The highest BCUT2D eigenvalue weighted by Crippen LogP contribution is 2.44. The summed E-state index contributed by atoms with van der Waals surface area (Å²) in [5.41, 5.74) is 3.44. The summed E-state index contributed by atoms with van der Waals surface area (Å²) in [5.74, 6) is 0. The molecular weight excluding hydrogens is 444 g/mol. The largest absolute Gasteiger partial charge is 0.192 e. The molecule has 0 aliphatic carbocycles. The van der Waals surface area contributed by atoms with Crippen LogP contribution in [0, 0.1) is 68.0 Å². The van der Waals surface area contributed by atoms with Gasteiger partial charge in [-0.25, -0.2) is 0 Å². The van der Waals surface area contributed by atoms with Crippen molar-refractivity contribution >= 4 is 0 Å². The van der Waals surface area contributed by atoms with E-state index in [1.807, 2.05) is 0 Å². The van der Waals surface area contributed by atoms with Crippen LogP contribution in [0.5, 0.6) is 0 Å². The number of nitriles is 6. The zero-order valence-corrected chi connectivity index (χ0v) is 18.6. The average molecular weight is 456 g/mol. The van der Waals surface area contributed by atoms with E-state index in [0.717, 1.165) is 0 Å². The molecule has 0 aromatic heterocycles. The van der Waals surface area contributed by atoms with Crippen LogP contribution >= 0.6 is 0 Å². The van der Waals surface area contributed by atoms with Crippen LogP contribution in [0.2, 0.25) is 0 Å². The maximum absolute atomic E-state index is 10.3. The maximum Gasteiger partial charge on any atom is 0.101 e. The lowest BCUT2D eigenvalue weighted by atomic mass is 9.80. The minimum Gasteiger partial charge on any atom is -0.192 e. The predicted molar refractivity (Wildman–Crippen MR) is 131 cm³/mol. The van der Waals surface area contributed by atoms with Gasteiger partial charge in [0.2, 0.25) is 0 Å². The highest BCUT2D eigenvalue weighted by Gasteiger charge is 2.27. The zero-order valence-electron chi connectivity index (χ0n) is 18.6. The van der Waals surface area contributed by atoms with Crippen LogP contribution in [0.1, 0.15) is 33.4 Å². The summed E-state index contributed by atoms with van der Waals surface area (Å²) in [6.45, 7) is 0. The molecule has 0 fully saturated rings. The average Bonchev–Trinajstić information content (AvgIpc) is 2.95. The van der Waals surface area contributed by atoms with E-state index >= 15 is 0 Å². The van der Waals surface area contributed by atoms with Crippen molar-refractivity contribution in [3.05, 3.63) is 106 Å². The summed E-state index contributed by atoms with van der Waals surface area (Å²) < 4.78 is 0. The minimum atomic E-state index is 0.0773. The Balaban J connectivity index is 2.29. The van der Waals surface area contributed by atoms with Gasteiger partial charge in [0.25, 0.3) is 0 Å². The number of nitrogens with zero attached hydrogens (tertiary/aromatic N) is 6. The SMILES string of the molecule is N#Cc1cccc(-c2c(C#N)c(-c3cccc(C#N)c3)c(C#N)c(-c3cccc(C#N)c3)c2C#N)c1. The molecule has 0 radical (unpaired) electrons. The smallest absolute Gasteiger partial charge is 0.101 e. The van der Waals surface area contributed by atoms with Gasteiger partial charge in [-0.2, -0.15) is 31.6 Å². The maximum atomic E-state index is 10.3. The van der Waals surface area contributed by atoms with Gasteiger partial charge < -0.3 is 0 Å². The second-order valence-corrected chi connectivity index (χ2v) is 7.66. The van der Waals surface area contributed by atoms with E-state index in [0.29, 0.717) is 33.4 Å². The number of hydrogen-bond acceptors (Lipinski definition) is 6. The van der Waals surface area contributed by atoms with Gasteiger partial charge in [-0.1, -0.05) is 36.4 Å². The quantitative estimate of drug-likeness (QED) is 0.374. The van der Waals surface area contributed by atoms with E-state index in [-0.39, 0.29) is 33.4 Å². The van der Waals surface area contributed by atoms with Crippen LogP contribution in [0.25, 0.3) is 33.4 Å². The Bertz CT molecular complexity index is 1570.